The second-order valence-corrected chi connectivity index (χ2v) is 5.91. The van der Waals surface area contributed by atoms with Crippen molar-refractivity contribution in [2.75, 3.05) is 13.2 Å². The monoisotopic (exact) mass is 322 g/mol. The number of rotatable bonds is 13. The molecule has 1 aromatic carbocycles. The van der Waals surface area contributed by atoms with Gasteiger partial charge in [0, 0.05) is 6.61 Å². The molecule has 0 aliphatic heterocycles. The van der Waals surface area contributed by atoms with Crippen LogP contribution in [0.15, 0.2) is 24.3 Å². The van der Waals surface area contributed by atoms with Crippen molar-refractivity contribution in [1.29, 1.82) is 0 Å². The Hall–Kier alpha value is -1.39. The Labute approximate surface area is 139 Å². The molecule has 130 valence electrons. The van der Waals surface area contributed by atoms with Crippen molar-refractivity contribution in [2.45, 2.75) is 64.7 Å². The zero-order valence-corrected chi connectivity index (χ0v) is 14.3. The Morgan fingerprint density at radius 1 is 0.913 bits per heavy atom. The van der Waals surface area contributed by atoms with E-state index in [0.29, 0.717) is 18.8 Å². The summed E-state index contributed by atoms with van der Waals surface area (Å²) in [5.41, 5.74) is 1.44. The van der Waals surface area contributed by atoms with Gasteiger partial charge < -0.3 is 5.11 Å². The average molecular weight is 322 g/mol. The molecule has 0 amide bonds. The lowest BCUT2D eigenvalue weighted by atomic mass is 10.1. The van der Waals surface area contributed by atoms with E-state index in [1.165, 1.54) is 32.1 Å². The fourth-order valence-electron chi connectivity index (χ4n) is 2.45. The van der Waals surface area contributed by atoms with E-state index in [9.17, 15) is 4.79 Å². The van der Waals surface area contributed by atoms with Crippen molar-refractivity contribution in [2.24, 2.45) is 0 Å². The fourth-order valence-corrected chi connectivity index (χ4v) is 2.45. The quantitative estimate of drug-likeness (QED) is 0.328. The molecular weight excluding hydrogens is 292 g/mol. The predicted molar refractivity (Wildman–Crippen MR) is 91.2 cm³/mol. The van der Waals surface area contributed by atoms with Crippen LogP contribution in [0.5, 0.6) is 0 Å². The highest BCUT2D eigenvalue weighted by molar-refractivity contribution is 5.90. The van der Waals surface area contributed by atoms with Crippen LogP contribution in [-0.2, 0) is 9.78 Å². The molecule has 0 radical (unpaired) electrons. The SMILES string of the molecule is Cc1ccccc1C(=O)OOCCCCCCCCCCCO. The van der Waals surface area contributed by atoms with Crippen LogP contribution in [0.1, 0.15) is 73.7 Å². The van der Waals surface area contributed by atoms with Gasteiger partial charge in [0.25, 0.3) is 0 Å². The summed E-state index contributed by atoms with van der Waals surface area (Å²) in [5, 5.41) is 8.68. The Balaban J connectivity index is 1.92. The van der Waals surface area contributed by atoms with Gasteiger partial charge in [-0.3, -0.25) is 4.89 Å². The van der Waals surface area contributed by atoms with E-state index in [2.05, 4.69) is 0 Å². The molecule has 0 saturated carbocycles. The third-order valence-electron chi connectivity index (χ3n) is 3.89. The normalized spacial score (nSPS) is 10.7. The summed E-state index contributed by atoms with van der Waals surface area (Å²) in [5.74, 6) is -0.425. The summed E-state index contributed by atoms with van der Waals surface area (Å²) >= 11 is 0. The number of benzene rings is 1. The van der Waals surface area contributed by atoms with Crippen molar-refractivity contribution in [1.82, 2.24) is 0 Å². The highest BCUT2D eigenvalue weighted by Crippen LogP contribution is 2.11. The number of aryl methyl sites for hydroxylation is 1. The van der Waals surface area contributed by atoms with E-state index in [1.807, 2.05) is 25.1 Å². The van der Waals surface area contributed by atoms with Gasteiger partial charge in [-0.05, 0) is 31.4 Å². The Morgan fingerprint density at radius 3 is 2.09 bits per heavy atom. The van der Waals surface area contributed by atoms with Crippen molar-refractivity contribution in [3.8, 4) is 0 Å². The third-order valence-corrected chi connectivity index (χ3v) is 3.89. The van der Waals surface area contributed by atoms with Gasteiger partial charge in [0.2, 0.25) is 0 Å². The number of aliphatic hydroxyl groups excluding tert-OH is 1. The molecule has 0 aromatic heterocycles. The number of hydrogen-bond acceptors (Lipinski definition) is 4. The first-order valence-electron chi connectivity index (χ1n) is 8.76. The van der Waals surface area contributed by atoms with E-state index in [0.717, 1.165) is 31.2 Å². The molecule has 0 atom stereocenters. The smallest absolute Gasteiger partial charge is 0.373 e. The molecule has 0 fully saturated rings. The van der Waals surface area contributed by atoms with E-state index < -0.39 is 5.97 Å². The molecule has 4 heteroatoms. The summed E-state index contributed by atoms with van der Waals surface area (Å²) in [4.78, 5) is 21.6. The Morgan fingerprint density at radius 2 is 1.48 bits per heavy atom. The Bertz CT molecular complexity index is 431. The summed E-state index contributed by atoms with van der Waals surface area (Å²) < 4.78 is 0. The highest BCUT2D eigenvalue weighted by Gasteiger charge is 2.10. The number of unbranched alkanes of at least 4 members (excludes halogenated alkanes) is 8. The van der Waals surface area contributed by atoms with Gasteiger partial charge in [-0.15, -0.1) is 0 Å². The minimum atomic E-state index is -0.425. The molecule has 0 bridgehead atoms. The van der Waals surface area contributed by atoms with E-state index in [1.54, 1.807) is 6.07 Å². The standard InChI is InChI=1S/C19H30O4/c1-17-13-9-10-14-18(17)19(21)23-22-16-12-8-6-4-2-3-5-7-11-15-20/h9-10,13-14,20H,2-8,11-12,15-16H2,1H3. The van der Waals surface area contributed by atoms with Crippen molar-refractivity contribution in [3.63, 3.8) is 0 Å². The molecule has 0 unspecified atom stereocenters. The number of carbonyl (C=O) groups is 1. The van der Waals surface area contributed by atoms with Gasteiger partial charge in [0.15, 0.2) is 0 Å². The molecule has 0 aliphatic carbocycles. The first-order chi connectivity index (χ1) is 11.3. The van der Waals surface area contributed by atoms with Crippen LogP contribution in [-0.4, -0.2) is 24.3 Å². The maximum absolute atomic E-state index is 11.8. The lowest BCUT2D eigenvalue weighted by Crippen LogP contribution is -2.08. The maximum atomic E-state index is 11.8. The summed E-state index contributed by atoms with van der Waals surface area (Å²) in [6, 6.07) is 7.31. The van der Waals surface area contributed by atoms with Crippen molar-refractivity contribution < 1.29 is 19.7 Å². The van der Waals surface area contributed by atoms with Crippen molar-refractivity contribution in [3.05, 3.63) is 35.4 Å². The van der Waals surface area contributed by atoms with Crippen LogP contribution in [0.25, 0.3) is 0 Å². The Kier molecular flexibility index (Phi) is 11.2. The summed E-state index contributed by atoms with van der Waals surface area (Å²) in [7, 11) is 0. The minimum absolute atomic E-state index is 0.314. The first kappa shape index (κ1) is 19.7. The van der Waals surface area contributed by atoms with Crippen LogP contribution < -0.4 is 0 Å². The fraction of sp³-hybridized carbons (Fsp3) is 0.632. The molecule has 4 nitrogen and oxygen atoms in total. The lowest BCUT2D eigenvalue weighted by molar-refractivity contribution is -0.241. The van der Waals surface area contributed by atoms with Crippen LogP contribution in [0, 0.1) is 6.92 Å². The lowest BCUT2D eigenvalue weighted by Gasteiger charge is -2.06. The van der Waals surface area contributed by atoms with Gasteiger partial charge in [-0.25, -0.2) is 4.79 Å². The third kappa shape index (κ3) is 9.36. The van der Waals surface area contributed by atoms with E-state index in [-0.39, 0.29) is 0 Å². The van der Waals surface area contributed by atoms with Gasteiger partial charge in [0.05, 0.1) is 12.2 Å². The first-order valence-corrected chi connectivity index (χ1v) is 8.76. The highest BCUT2D eigenvalue weighted by atomic mass is 17.2. The largest absolute Gasteiger partial charge is 0.396 e. The number of carbonyl (C=O) groups excluding carboxylic acids is 1. The van der Waals surface area contributed by atoms with Crippen LogP contribution in [0.2, 0.25) is 0 Å². The second kappa shape index (κ2) is 13.1. The molecule has 0 heterocycles. The molecular formula is C19H30O4. The van der Waals surface area contributed by atoms with Crippen molar-refractivity contribution >= 4 is 5.97 Å². The van der Waals surface area contributed by atoms with Gasteiger partial charge in [-0.1, -0.05) is 63.1 Å². The average Bonchev–Trinajstić information content (AvgIpc) is 2.56. The molecule has 0 spiro atoms. The predicted octanol–water partition coefficient (Wildman–Crippen LogP) is 4.59. The second-order valence-electron chi connectivity index (χ2n) is 5.91. The summed E-state index contributed by atoms with van der Waals surface area (Å²) in [6.45, 7) is 2.64. The van der Waals surface area contributed by atoms with Crippen LogP contribution >= 0.6 is 0 Å². The zero-order valence-electron chi connectivity index (χ0n) is 14.3. The van der Waals surface area contributed by atoms with E-state index >= 15 is 0 Å². The van der Waals surface area contributed by atoms with Crippen LogP contribution in [0.4, 0.5) is 0 Å². The van der Waals surface area contributed by atoms with Gasteiger partial charge in [0.1, 0.15) is 0 Å². The molecule has 1 aromatic rings. The molecule has 0 aliphatic rings. The minimum Gasteiger partial charge on any atom is -0.396 e. The molecule has 0 saturated heterocycles. The van der Waals surface area contributed by atoms with Gasteiger partial charge >= 0.3 is 5.97 Å². The zero-order chi connectivity index (χ0) is 16.8. The maximum Gasteiger partial charge on any atom is 0.373 e. The number of aliphatic hydroxyl groups is 1. The van der Waals surface area contributed by atoms with Crippen LogP contribution in [0.3, 0.4) is 0 Å². The summed E-state index contributed by atoms with van der Waals surface area (Å²) in [6.07, 6.45) is 10.2. The van der Waals surface area contributed by atoms with Gasteiger partial charge in [-0.2, -0.15) is 4.89 Å². The topological polar surface area (TPSA) is 55.8 Å². The van der Waals surface area contributed by atoms with E-state index in [4.69, 9.17) is 14.9 Å². The molecule has 23 heavy (non-hydrogen) atoms. The molecule has 1 N–H and O–H groups in total. The number of hydrogen-bond donors (Lipinski definition) is 1. The molecule has 1 rings (SSSR count).